The van der Waals surface area contributed by atoms with Gasteiger partial charge in [-0.1, -0.05) is 19.3 Å². The van der Waals surface area contributed by atoms with Gasteiger partial charge in [0.15, 0.2) is 5.88 Å². The van der Waals surface area contributed by atoms with Crippen molar-refractivity contribution in [3.05, 3.63) is 23.5 Å². The normalized spacial score (nSPS) is 20.6. The minimum absolute atomic E-state index is 0.0596. The van der Waals surface area contributed by atoms with Crippen LogP contribution in [0.15, 0.2) is 22.1 Å². The summed E-state index contributed by atoms with van der Waals surface area (Å²) in [6.07, 6.45) is 6.08. The van der Waals surface area contributed by atoms with Crippen molar-refractivity contribution in [2.24, 2.45) is 0 Å². The number of barbiturate groups is 1. The Kier molecular flexibility index (Phi) is 5.44. The molecule has 3 rings (SSSR count). The van der Waals surface area contributed by atoms with Crippen molar-refractivity contribution >= 4 is 29.8 Å². The van der Waals surface area contributed by atoms with Crippen LogP contribution in [-0.2, 0) is 9.59 Å². The van der Waals surface area contributed by atoms with Gasteiger partial charge in [-0.25, -0.2) is 4.79 Å². The molecule has 7 nitrogen and oxygen atoms in total. The molecule has 2 aliphatic rings. The maximum Gasteiger partial charge on any atom is 0.331 e. The number of imide groups is 2. The second kappa shape index (κ2) is 7.76. The number of rotatable bonds is 5. The Bertz CT molecular complexity index is 727. The zero-order chi connectivity index (χ0) is 18.7. The molecule has 0 spiro atoms. The fourth-order valence-corrected chi connectivity index (χ4v) is 3.61. The van der Waals surface area contributed by atoms with Crippen LogP contribution in [0, 0.1) is 0 Å². The van der Waals surface area contributed by atoms with Gasteiger partial charge in [0, 0.05) is 25.2 Å². The first kappa shape index (κ1) is 18.2. The van der Waals surface area contributed by atoms with Crippen molar-refractivity contribution in [2.45, 2.75) is 52.0 Å². The molecule has 0 aromatic carbocycles. The molecule has 1 aliphatic heterocycles. The predicted molar refractivity (Wildman–Crippen MR) is 97.5 cm³/mol. The van der Waals surface area contributed by atoms with E-state index in [0.717, 1.165) is 45.2 Å². The van der Waals surface area contributed by atoms with Crippen molar-refractivity contribution in [2.75, 3.05) is 18.0 Å². The predicted octanol–water partition coefficient (Wildman–Crippen LogP) is 2.92. The molecule has 0 atom stereocenters. The van der Waals surface area contributed by atoms with E-state index >= 15 is 0 Å². The zero-order valence-electron chi connectivity index (χ0n) is 15.3. The number of nitrogens with one attached hydrogen (secondary N) is 1. The smallest absolute Gasteiger partial charge is 0.331 e. The minimum Gasteiger partial charge on any atom is -0.441 e. The van der Waals surface area contributed by atoms with Crippen molar-refractivity contribution < 1.29 is 18.8 Å². The van der Waals surface area contributed by atoms with E-state index in [9.17, 15) is 14.4 Å². The minimum atomic E-state index is -0.673. The van der Waals surface area contributed by atoms with Crippen LogP contribution in [0.25, 0.3) is 6.08 Å². The van der Waals surface area contributed by atoms with E-state index in [1.54, 1.807) is 6.07 Å². The van der Waals surface area contributed by atoms with E-state index in [0.29, 0.717) is 11.6 Å². The quantitative estimate of drug-likeness (QED) is 0.646. The number of hydrogen-bond acceptors (Lipinski definition) is 5. The molecule has 0 unspecified atom stereocenters. The van der Waals surface area contributed by atoms with Gasteiger partial charge >= 0.3 is 6.03 Å². The molecule has 2 fully saturated rings. The zero-order valence-corrected chi connectivity index (χ0v) is 15.3. The van der Waals surface area contributed by atoms with E-state index in [1.807, 2.05) is 24.8 Å². The first-order valence-electron chi connectivity index (χ1n) is 9.30. The Labute approximate surface area is 153 Å². The molecule has 7 heteroatoms. The van der Waals surface area contributed by atoms with Crippen LogP contribution in [0.1, 0.15) is 51.7 Å². The van der Waals surface area contributed by atoms with Crippen molar-refractivity contribution in [3.63, 3.8) is 0 Å². The van der Waals surface area contributed by atoms with Gasteiger partial charge in [-0.05, 0) is 38.8 Å². The van der Waals surface area contributed by atoms with E-state index in [1.165, 1.54) is 11.0 Å². The standard InChI is InChI=1S/C19H25N3O4/c1-3-21(4-2)16-11-10-14(26-16)12-15-17(23)20-19(25)22(18(15)24)13-8-6-5-7-9-13/h10-13H,3-9H2,1-2H3,(H,20,23,25). The van der Waals surface area contributed by atoms with Gasteiger partial charge in [-0.2, -0.15) is 0 Å². The van der Waals surface area contributed by atoms with Crippen LogP contribution >= 0.6 is 0 Å². The summed E-state index contributed by atoms with van der Waals surface area (Å²) >= 11 is 0. The summed E-state index contributed by atoms with van der Waals surface area (Å²) in [5.41, 5.74) is -0.0596. The molecule has 1 saturated carbocycles. The number of hydrogen-bond donors (Lipinski definition) is 1. The lowest BCUT2D eigenvalue weighted by molar-refractivity contribution is -0.132. The lowest BCUT2D eigenvalue weighted by Gasteiger charge is -2.35. The van der Waals surface area contributed by atoms with Crippen molar-refractivity contribution in [1.29, 1.82) is 0 Å². The third-order valence-electron chi connectivity index (χ3n) is 5.05. The molecule has 0 radical (unpaired) electrons. The van der Waals surface area contributed by atoms with Gasteiger partial charge in [0.2, 0.25) is 0 Å². The highest BCUT2D eigenvalue weighted by molar-refractivity contribution is 6.31. The Morgan fingerprint density at radius 3 is 2.50 bits per heavy atom. The molecular formula is C19H25N3O4. The van der Waals surface area contributed by atoms with Crippen LogP contribution < -0.4 is 10.2 Å². The molecule has 26 heavy (non-hydrogen) atoms. The average molecular weight is 359 g/mol. The summed E-state index contributed by atoms with van der Waals surface area (Å²) in [7, 11) is 0. The Balaban J connectivity index is 1.85. The second-order valence-electron chi connectivity index (χ2n) is 6.63. The van der Waals surface area contributed by atoms with E-state index in [2.05, 4.69) is 5.32 Å². The van der Waals surface area contributed by atoms with Gasteiger partial charge in [-0.15, -0.1) is 0 Å². The molecule has 2 heterocycles. The first-order valence-corrected chi connectivity index (χ1v) is 9.30. The van der Waals surface area contributed by atoms with E-state index < -0.39 is 17.8 Å². The van der Waals surface area contributed by atoms with Crippen molar-refractivity contribution in [3.8, 4) is 0 Å². The molecule has 4 amide bonds. The fourth-order valence-electron chi connectivity index (χ4n) is 3.61. The van der Waals surface area contributed by atoms with Crippen LogP contribution in [0.2, 0.25) is 0 Å². The maximum atomic E-state index is 12.8. The molecule has 1 saturated heterocycles. The number of urea groups is 1. The molecule has 1 aromatic rings. The molecule has 1 aromatic heterocycles. The van der Waals surface area contributed by atoms with Gasteiger partial charge in [0.05, 0.1) is 0 Å². The summed E-state index contributed by atoms with van der Waals surface area (Å²) < 4.78 is 5.75. The highest BCUT2D eigenvalue weighted by Gasteiger charge is 2.40. The summed E-state index contributed by atoms with van der Waals surface area (Å²) in [6, 6.07) is 2.78. The van der Waals surface area contributed by atoms with Crippen molar-refractivity contribution in [1.82, 2.24) is 10.2 Å². The summed E-state index contributed by atoms with van der Waals surface area (Å²) in [5.74, 6) is -0.103. The number of nitrogens with zero attached hydrogens (tertiary/aromatic N) is 2. The number of carbonyl (C=O) groups is 3. The Hall–Kier alpha value is -2.57. The summed E-state index contributed by atoms with van der Waals surface area (Å²) in [4.78, 5) is 40.5. The molecule has 1 N–H and O–H groups in total. The largest absolute Gasteiger partial charge is 0.441 e. The highest BCUT2D eigenvalue weighted by atomic mass is 16.4. The number of furan rings is 1. The van der Waals surface area contributed by atoms with Crippen LogP contribution in [0.3, 0.4) is 0 Å². The summed E-state index contributed by atoms with van der Waals surface area (Å²) in [5, 5.41) is 2.29. The van der Waals surface area contributed by atoms with E-state index in [-0.39, 0.29) is 11.6 Å². The number of carbonyl (C=O) groups excluding carboxylic acids is 3. The molecule has 140 valence electrons. The SMILES string of the molecule is CCN(CC)c1ccc(C=C2C(=O)NC(=O)N(C3CCCCC3)C2=O)o1. The lowest BCUT2D eigenvalue weighted by Crippen LogP contribution is -2.58. The van der Waals surface area contributed by atoms with Crippen LogP contribution in [-0.4, -0.2) is 41.9 Å². The van der Waals surface area contributed by atoms with E-state index in [4.69, 9.17) is 4.42 Å². The summed E-state index contributed by atoms with van der Waals surface area (Å²) in [6.45, 7) is 5.64. The van der Waals surface area contributed by atoms with Gasteiger partial charge in [-0.3, -0.25) is 19.8 Å². The van der Waals surface area contributed by atoms with Crippen LogP contribution in [0.4, 0.5) is 10.7 Å². The highest BCUT2D eigenvalue weighted by Crippen LogP contribution is 2.27. The Morgan fingerprint density at radius 1 is 1.15 bits per heavy atom. The molecule has 0 bridgehead atoms. The Morgan fingerprint density at radius 2 is 1.85 bits per heavy atom. The van der Waals surface area contributed by atoms with Gasteiger partial charge in [0.1, 0.15) is 11.3 Å². The second-order valence-corrected chi connectivity index (χ2v) is 6.63. The third kappa shape index (κ3) is 3.52. The van der Waals surface area contributed by atoms with Crippen LogP contribution in [0.5, 0.6) is 0 Å². The molecule has 1 aliphatic carbocycles. The maximum absolute atomic E-state index is 12.8. The first-order chi connectivity index (χ1) is 12.5. The molecular weight excluding hydrogens is 334 g/mol. The monoisotopic (exact) mass is 359 g/mol. The topological polar surface area (TPSA) is 82.9 Å². The fraction of sp³-hybridized carbons (Fsp3) is 0.526. The number of amides is 4. The van der Waals surface area contributed by atoms with Gasteiger partial charge in [0.25, 0.3) is 11.8 Å². The van der Waals surface area contributed by atoms with Gasteiger partial charge < -0.3 is 9.32 Å². The number of anilines is 1. The lowest BCUT2D eigenvalue weighted by atomic mass is 9.93. The third-order valence-corrected chi connectivity index (χ3v) is 5.05. The average Bonchev–Trinajstić information content (AvgIpc) is 3.09.